The molecule has 0 radical (unpaired) electrons. The van der Waals surface area contributed by atoms with Crippen LogP contribution in [-0.4, -0.2) is 38.6 Å². The average molecular weight is 818 g/mol. The molecule has 0 atom stereocenters. The standard InChI is InChI=1S/C25H19NO7.C4H8.C2H6.CH3Br3S/c1-13-19(25(31)32)12-22(33-13)14-5-7-17(8-6-14)26-24(30)16-4-2-3-15(9-16)23-20(28)10-18(27)11-21(23)29;1-3-4-2;1-2;1-5(2,3)4/h2-12,27-29H,1H3,(H,26,30)(H,31,32);3-4H,1-2H3;1-2H3;1H3/b;4-3-;;. The van der Waals surface area contributed by atoms with Crippen molar-refractivity contribution in [1.29, 1.82) is 0 Å². The zero-order chi connectivity index (χ0) is 33.6. The van der Waals surface area contributed by atoms with Gasteiger partial charge in [-0.05, 0) is 119 Å². The SMILES string of the molecule is C/C=C\C.CC.CS(Br)(Br)Br.Cc1oc(-c2ccc(NC(=O)c3cccc(-c4c(O)cc(O)cc4O)c3)cc2)cc1C(=O)O. The van der Waals surface area contributed by atoms with Gasteiger partial charge >= 0.3 is 5.97 Å². The predicted molar refractivity (Wildman–Crippen MR) is 193 cm³/mol. The van der Waals surface area contributed by atoms with E-state index in [-0.39, 0.29) is 33.9 Å². The number of hydrogen-bond acceptors (Lipinski definition) is 6. The molecule has 3 aromatic carbocycles. The van der Waals surface area contributed by atoms with Crippen LogP contribution in [0.4, 0.5) is 5.69 Å². The Morgan fingerprint density at radius 1 is 0.841 bits per heavy atom. The topological polar surface area (TPSA) is 140 Å². The quantitative estimate of drug-likeness (QED) is 0.126. The number of aromatic carboxylic acids is 1. The Hall–Kier alpha value is -3.19. The summed E-state index contributed by atoms with van der Waals surface area (Å²) in [5, 5.41) is 40.9. The molecule has 12 heteroatoms. The van der Waals surface area contributed by atoms with Gasteiger partial charge in [-0.25, -0.2) is 4.79 Å². The number of aryl methyl sites for hydroxylation is 1. The van der Waals surface area contributed by atoms with Gasteiger partial charge in [-0.1, -0.05) is 43.5 Å². The van der Waals surface area contributed by atoms with Gasteiger partial charge in [0.05, 0.1) is 5.56 Å². The van der Waals surface area contributed by atoms with Crippen molar-refractivity contribution in [1.82, 2.24) is 0 Å². The zero-order valence-electron chi connectivity index (χ0n) is 25.1. The molecule has 0 spiro atoms. The second-order valence-electron chi connectivity index (χ2n) is 8.66. The molecule has 8 nitrogen and oxygen atoms in total. The van der Waals surface area contributed by atoms with Gasteiger partial charge in [0, 0.05) is 28.9 Å². The highest BCUT2D eigenvalue weighted by molar-refractivity contribution is 10.2. The Morgan fingerprint density at radius 3 is 1.82 bits per heavy atom. The van der Waals surface area contributed by atoms with Crippen LogP contribution in [-0.2, 0) is 0 Å². The Balaban J connectivity index is 0.000000764. The van der Waals surface area contributed by atoms with Crippen LogP contribution in [0.1, 0.15) is 54.2 Å². The molecular formula is C32H36Br3NO7S. The van der Waals surface area contributed by atoms with E-state index < -0.39 is 17.2 Å². The predicted octanol–water partition coefficient (Wildman–Crippen LogP) is 10.9. The van der Waals surface area contributed by atoms with E-state index in [4.69, 9.17) is 9.52 Å². The number of furan rings is 1. The third kappa shape index (κ3) is 12.8. The molecule has 0 aliphatic heterocycles. The fourth-order valence-electron chi connectivity index (χ4n) is 3.47. The number of carbonyl (C=O) groups is 2. The highest BCUT2D eigenvalue weighted by Crippen LogP contribution is 2.66. The van der Waals surface area contributed by atoms with E-state index >= 15 is 0 Å². The lowest BCUT2D eigenvalue weighted by molar-refractivity contribution is 0.0694. The van der Waals surface area contributed by atoms with Gasteiger partial charge in [0.1, 0.15) is 34.3 Å². The molecule has 4 aromatic rings. The highest BCUT2D eigenvalue weighted by Gasteiger charge is 2.16. The first-order chi connectivity index (χ1) is 20.6. The van der Waals surface area contributed by atoms with Crippen molar-refractivity contribution in [2.45, 2.75) is 34.6 Å². The fourth-order valence-corrected chi connectivity index (χ4v) is 3.47. The molecule has 0 saturated carbocycles. The van der Waals surface area contributed by atoms with Gasteiger partial charge in [-0.15, -0.1) is 0 Å². The first-order valence-electron chi connectivity index (χ1n) is 13.2. The summed E-state index contributed by atoms with van der Waals surface area (Å²) < 4.78 is 5.51. The number of nitrogens with one attached hydrogen (secondary N) is 1. The van der Waals surface area contributed by atoms with E-state index in [1.54, 1.807) is 49.4 Å². The summed E-state index contributed by atoms with van der Waals surface area (Å²) in [4.78, 5) is 23.9. The second-order valence-corrected chi connectivity index (χ2v) is 29.4. The van der Waals surface area contributed by atoms with Gasteiger partial charge in [0.2, 0.25) is 0 Å². The molecule has 1 aromatic heterocycles. The van der Waals surface area contributed by atoms with Crippen molar-refractivity contribution in [3.05, 3.63) is 95.8 Å². The second kappa shape index (κ2) is 18.6. The minimum absolute atomic E-state index is 0.0907. The lowest BCUT2D eigenvalue weighted by atomic mass is 10.0. The van der Waals surface area contributed by atoms with Crippen molar-refractivity contribution in [2.75, 3.05) is 11.6 Å². The summed E-state index contributed by atoms with van der Waals surface area (Å²) in [5.41, 5.74) is 2.04. The number of phenols is 3. The molecule has 0 unspecified atom stereocenters. The van der Waals surface area contributed by atoms with Crippen molar-refractivity contribution >= 4 is 67.3 Å². The number of anilines is 1. The van der Waals surface area contributed by atoms with Crippen LogP contribution >= 0.6 is 49.8 Å². The maximum absolute atomic E-state index is 12.7. The largest absolute Gasteiger partial charge is 0.508 e. The maximum Gasteiger partial charge on any atom is 0.339 e. The van der Waals surface area contributed by atoms with Crippen LogP contribution in [0.15, 0.2) is 83.3 Å². The lowest BCUT2D eigenvalue weighted by Crippen LogP contribution is -2.11. The number of carboxylic acid groups (broad SMARTS) is 1. The number of phenolic OH excluding ortho intramolecular Hbond substituents is 3. The van der Waals surface area contributed by atoms with E-state index in [9.17, 15) is 24.9 Å². The molecule has 0 bridgehead atoms. The third-order valence-corrected chi connectivity index (χ3v) is 5.40. The molecule has 1 heterocycles. The molecule has 1 amide bonds. The minimum atomic E-state index is -1.07. The van der Waals surface area contributed by atoms with Crippen molar-refractivity contribution in [3.63, 3.8) is 0 Å². The van der Waals surface area contributed by atoms with Gasteiger partial charge in [-0.2, -0.15) is 0 Å². The van der Waals surface area contributed by atoms with Crippen LogP contribution < -0.4 is 5.32 Å². The van der Waals surface area contributed by atoms with Crippen molar-refractivity contribution in [3.8, 4) is 39.7 Å². The number of amides is 1. The first-order valence-corrected chi connectivity index (χ1v) is 20.8. The zero-order valence-corrected chi connectivity index (χ0v) is 30.6. The number of hydrogen-bond donors (Lipinski definition) is 5. The van der Waals surface area contributed by atoms with E-state index in [0.717, 1.165) is 12.1 Å². The van der Waals surface area contributed by atoms with Crippen molar-refractivity contribution < 1.29 is 34.4 Å². The summed E-state index contributed by atoms with van der Waals surface area (Å²) >= 11 is 9.88. The Labute approximate surface area is 281 Å². The average Bonchev–Trinajstić information content (AvgIpc) is 3.35. The summed E-state index contributed by atoms with van der Waals surface area (Å²) in [6.07, 6.45) is 6.02. The third-order valence-electron chi connectivity index (χ3n) is 5.40. The van der Waals surface area contributed by atoms with Crippen LogP contribution in [0.2, 0.25) is 0 Å². The Kier molecular flexibility index (Phi) is 16.4. The van der Waals surface area contributed by atoms with E-state index in [0.29, 0.717) is 28.3 Å². The summed E-state index contributed by atoms with van der Waals surface area (Å²) in [6.45, 7) is 9.58. The molecule has 5 N–H and O–H groups in total. The Bertz CT molecular complexity index is 1530. The lowest BCUT2D eigenvalue weighted by Gasteiger charge is -2.10. The molecular weight excluding hydrogens is 782 g/mol. The molecule has 44 heavy (non-hydrogen) atoms. The smallest absolute Gasteiger partial charge is 0.339 e. The first kappa shape index (κ1) is 38.8. The molecule has 0 aliphatic rings. The van der Waals surface area contributed by atoms with Gasteiger partial charge in [0.25, 0.3) is 5.91 Å². The summed E-state index contributed by atoms with van der Waals surface area (Å²) in [7, 11) is 0. The van der Waals surface area contributed by atoms with Crippen LogP contribution in [0.5, 0.6) is 17.2 Å². The normalized spacial score (nSPS) is 10.8. The van der Waals surface area contributed by atoms with Crippen LogP contribution in [0, 0.1) is 6.92 Å². The van der Waals surface area contributed by atoms with Gasteiger partial charge < -0.3 is 30.2 Å². The number of halogens is 3. The van der Waals surface area contributed by atoms with Crippen LogP contribution in [0.25, 0.3) is 22.5 Å². The molecule has 238 valence electrons. The number of carbonyl (C=O) groups excluding carboxylic acids is 1. The number of carboxylic acids is 1. The number of rotatable bonds is 5. The van der Waals surface area contributed by atoms with E-state index in [1.807, 2.05) is 46.1 Å². The molecule has 4 rings (SSSR count). The monoisotopic (exact) mass is 815 g/mol. The summed E-state index contributed by atoms with van der Waals surface area (Å²) in [5.74, 6) is -1.69. The van der Waals surface area contributed by atoms with Crippen LogP contribution in [0.3, 0.4) is 0 Å². The van der Waals surface area contributed by atoms with Crippen molar-refractivity contribution in [2.24, 2.45) is 0 Å². The summed E-state index contributed by atoms with van der Waals surface area (Å²) in [6, 6.07) is 16.7. The van der Waals surface area contributed by atoms with E-state index in [1.165, 1.54) is 12.1 Å². The Morgan fingerprint density at radius 2 is 1.36 bits per heavy atom. The maximum atomic E-state index is 12.7. The minimum Gasteiger partial charge on any atom is -0.508 e. The highest BCUT2D eigenvalue weighted by atomic mass is 80.0. The number of benzene rings is 3. The molecule has 0 fully saturated rings. The number of aromatic hydroxyl groups is 3. The number of allylic oxidation sites excluding steroid dienone is 2. The van der Waals surface area contributed by atoms with Gasteiger partial charge in [0.15, 0.2) is 0 Å². The fraction of sp³-hybridized carbons (Fsp3) is 0.188. The van der Waals surface area contributed by atoms with Gasteiger partial charge in [-0.3, -0.25) is 4.79 Å². The van der Waals surface area contributed by atoms with E-state index in [2.05, 4.69) is 49.8 Å². The molecule has 0 saturated heterocycles. The molecule has 0 aliphatic carbocycles.